The molecule has 0 bridgehead atoms. The van der Waals surface area contributed by atoms with Crippen LogP contribution in [0.25, 0.3) is 0 Å². The predicted molar refractivity (Wildman–Crippen MR) is 91.5 cm³/mol. The summed E-state index contributed by atoms with van der Waals surface area (Å²) in [6.07, 6.45) is 0.811. The molecule has 0 saturated carbocycles. The maximum absolute atomic E-state index is 12.6. The van der Waals surface area contributed by atoms with E-state index in [1.165, 1.54) is 0 Å². The van der Waals surface area contributed by atoms with Crippen molar-refractivity contribution < 1.29 is 14.4 Å². The molecule has 1 aliphatic heterocycles. The zero-order chi connectivity index (χ0) is 17.7. The molecule has 7 nitrogen and oxygen atoms in total. The maximum atomic E-state index is 12.6. The van der Waals surface area contributed by atoms with Gasteiger partial charge in [-0.1, -0.05) is 25.1 Å². The predicted octanol–water partition coefficient (Wildman–Crippen LogP) is 0.278. The number of hydrogen-bond donors (Lipinski definition) is 2. The van der Waals surface area contributed by atoms with E-state index < -0.39 is 17.9 Å². The smallest absolute Gasteiger partial charge is 0.310 e. The average molecular weight is 332 g/mol. The summed E-state index contributed by atoms with van der Waals surface area (Å²) in [5.41, 5.74) is 1.52. The zero-order valence-corrected chi connectivity index (χ0v) is 14.3. The molecule has 24 heavy (non-hydrogen) atoms. The number of nitrogens with zero attached hydrogens (tertiary/aromatic N) is 2. The molecule has 1 aromatic rings. The monoisotopic (exact) mass is 332 g/mol. The number of anilines is 1. The van der Waals surface area contributed by atoms with E-state index in [1.54, 1.807) is 11.0 Å². The summed E-state index contributed by atoms with van der Waals surface area (Å²) in [7, 11) is 3.76. The van der Waals surface area contributed by atoms with Gasteiger partial charge in [-0.25, -0.2) is 0 Å². The van der Waals surface area contributed by atoms with Gasteiger partial charge in [0.1, 0.15) is 6.04 Å². The fraction of sp³-hybridized carbons (Fsp3) is 0.471. The van der Waals surface area contributed by atoms with Gasteiger partial charge in [0.25, 0.3) is 5.91 Å². The van der Waals surface area contributed by atoms with Crippen LogP contribution in [0.2, 0.25) is 0 Å². The summed E-state index contributed by atoms with van der Waals surface area (Å²) in [6.45, 7) is 3.57. The summed E-state index contributed by atoms with van der Waals surface area (Å²) in [5, 5.41) is 5.10. The van der Waals surface area contributed by atoms with Gasteiger partial charge >= 0.3 is 11.8 Å². The van der Waals surface area contributed by atoms with Crippen LogP contribution >= 0.6 is 0 Å². The van der Waals surface area contributed by atoms with Crippen LogP contribution in [0.1, 0.15) is 24.9 Å². The lowest BCUT2D eigenvalue weighted by Gasteiger charge is -2.17. The van der Waals surface area contributed by atoms with E-state index in [2.05, 4.69) is 10.6 Å². The van der Waals surface area contributed by atoms with Gasteiger partial charge in [0.2, 0.25) is 0 Å². The van der Waals surface area contributed by atoms with Gasteiger partial charge in [-0.05, 0) is 26.6 Å². The van der Waals surface area contributed by atoms with E-state index in [-0.39, 0.29) is 5.91 Å². The van der Waals surface area contributed by atoms with Crippen molar-refractivity contribution in [3.8, 4) is 0 Å². The third kappa shape index (κ3) is 3.91. The topological polar surface area (TPSA) is 81.8 Å². The molecule has 0 spiro atoms. The molecular weight excluding hydrogens is 308 g/mol. The van der Waals surface area contributed by atoms with Gasteiger partial charge in [0.15, 0.2) is 0 Å². The fourth-order valence-electron chi connectivity index (χ4n) is 2.65. The highest BCUT2D eigenvalue weighted by atomic mass is 16.2. The van der Waals surface area contributed by atoms with Crippen LogP contribution < -0.4 is 15.5 Å². The largest absolute Gasteiger partial charge is 0.347 e. The Bertz CT molecular complexity index is 630. The summed E-state index contributed by atoms with van der Waals surface area (Å²) >= 11 is 0. The standard InChI is InChI=1S/C17H24N4O3/c1-4-10-21-13-8-6-5-7-12(13)14(17(21)24)19-16(23)15(22)18-9-11-20(2)3/h5-8,14H,4,9-11H2,1-3H3,(H,18,22)(H,19,23)/t14-/m1/s1. The molecule has 1 aromatic carbocycles. The molecule has 0 aromatic heterocycles. The minimum Gasteiger partial charge on any atom is -0.347 e. The fourth-order valence-corrected chi connectivity index (χ4v) is 2.65. The number of benzene rings is 1. The van der Waals surface area contributed by atoms with Crippen molar-refractivity contribution in [2.45, 2.75) is 19.4 Å². The van der Waals surface area contributed by atoms with Gasteiger partial charge in [0.05, 0.1) is 0 Å². The van der Waals surface area contributed by atoms with Crippen LogP contribution in [-0.4, -0.2) is 56.4 Å². The van der Waals surface area contributed by atoms with Crippen LogP contribution in [0, 0.1) is 0 Å². The molecule has 2 N–H and O–H groups in total. The molecule has 130 valence electrons. The molecular formula is C17H24N4O3. The third-order valence-electron chi connectivity index (χ3n) is 3.82. The van der Waals surface area contributed by atoms with Crippen molar-refractivity contribution in [2.75, 3.05) is 38.6 Å². The number of fused-ring (bicyclic) bond motifs is 1. The van der Waals surface area contributed by atoms with E-state index in [4.69, 9.17) is 0 Å². The molecule has 0 fully saturated rings. The molecule has 3 amide bonds. The van der Waals surface area contributed by atoms with E-state index in [9.17, 15) is 14.4 Å². The highest BCUT2D eigenvalue weighted by Gasteiger charge is 2.38. The molecule has 7 heteroatoms. The lowest BCUT2D eigenvalue weighted by Crippen LogP contribution is -2.45. The summed E-state index contributed by atoms with van der Waals surface area (Å²) in [6, 6.07) is 6.52. The number of hydrogen-bond acceptors (Lipinski definition) is 4. The molecule has 2 rings (SSSR count). The van der Waals surface area contributed by atoms with E-state index >= 15 is 0 Å². The van der Waals surface area contributed by atoms with Gasteiger partial charge in [0, 0.05) is 30.9 Å². The number of nitrogens with one attached hydrogen (secondary N) is 2. The number of carbonyl (C=O) groups excluding carboxylic acids is 3. The van der Waals surface area contributed by atoms with Crippen LogP contribution in [0.3, 0.4) is 0 Å². The number of amides is 3. The molecule has 1 atom stereocenters. The molecule has 1 aliphatic rings. The Morgan fingerprint density at radius 3 is 2.58 bits per heavy atom. The second-order valence-corrected chi connectivity index (χ2v) is 6.01. The second-order valence-electron chi connectivity index (χ2n) is 6.01. The third-order valence-corrected chi connectivity index (χ3v) is 3.82. The first-order chi connectivity index (χ1) is 11.5. The number of rotatable bonds is 6. The van der Waals surface area contributed by atoms with Gasteiger partial charge in [-0.15, -0.1) is 0 Å². The van der Waals surface area contributed by atoms with Crippen LogP contribution in [0.5, 0.6) is 0 Å². The first-order valence-corrected chi connectivity index (χ1v) is 8.09. The molecule has 0 unspecified atom stereocenters. The minimum absolute atomic E-state index is 0.201. The molecule has 1 heterocycles. The highest BCUT2D eigenvalue weighted by Crippen LogP contribution is 2.35. The Balaban J connectivity index is 2.05. The lowest BCUT2D eigenvalue weighted by molar-refractivity contribution is -0.140. The van der Waals surface area contributed by atoms with Gasteiger partial charge < -0.3 is 20.4 Å². The van der Waals surface area contributed by atoms with Crippen molar-refractivity contribution in [3.63, 3.8) is 0 Å². The van der Waals surface area contributed by atoms with E-state index in [0.717, 1.165) is 17.7 Å². The van der Waals surface area contributed by atoms with Crippen molar-refractivity contribution in [1.29, 1.82) is 0 Å². The Hall–Kier alpha value is -2.41. The Labute approximate surface area is 142 Å². The lowest BCUT2D eigenvalue weighted by atomic mass is 10.1. The average Bonchev–Trinajstić information content (AvgIpc) is 2.80. The molecule has 0 saturated heterocycles. The SMILES string of the molecule is CCCN1C(=O)[C@H](NC(=O)C(=O)NCCN(C)C)c2ccccc21. The van der Waals surface area contributed by atoms with Crippen LogP contribution in [0.15, 0.2) is 24.3 Å². The van der Waals surface area contributed by atoms with Gasteiger partial charge in [-0.2, -0.15) is 0 Å². The van der Waals surface area contributed by atoms with Crippen LogP contribution in [0.4, 0.5) is 5.69 Å². The van der Waals surface area contributed by atoms with Gasteiger partial charge in [-0.3, -0.25) is 14.4 Å². The zero-order valence-electron chi connectivity index (χ0n) is 14.3. The molecule has 0 radical (unpaired) electrons. The normalized spacial score (nSPS) is 16.2. The Kier molecular flexibility index (Phi) is 5.92. The number of carbonyl (C=O) groups is 3. The highest BCUT2D eigenvalue weighted by molar-refractivity contribution is 6.35. The Morgan fingerprint density at radius 1 is 1.21 bits per heavy atom. The van der Waals surface area contributed by atoms with Crippen molar-refractivity contribution >= 4 is 23.4 Å². The summed E-state index contributed by atoms with van der Waals surface area (Å²) in [4.78, 5) is 40.1. The second kappa shape index (κ2) is 7.92. The van der Waals surface area contributed by atoms with Crippen molar-refractivity contribution in [2.24, 2.45) is 0 Å². The van der Waals surface area contributed by atoms with Crippen molar-refractivity contribution in [3.05, 3.63) is 29.8 Å². The van der Waals surface area contributed by atoms with E-state index in [0.29, 0.717) is 19.6 Å². The summed E-state index contributed by atoms with van der Waals surface area (Å²) < 4.78 is 0. The van der Waals surface area contributed by atoms with Crippen LogP contribution in [-0.2, 0) is 14.4 Å². The first kappa shape index (κ1) is 17.9. The Morgan fingerprint density at radius 2 is 1.92 bits per heavy atom. The summed E-state index contributed by atoms with van der Waals surface area (Å²) in [5.74, 6) is -1.72. The minimum atomic E-state index is -0.806. The number of para-hydroxylation sites is 1. The van der Waals surface area contributed by atoms with E-state index in [1.807, 2.05) is 44.1 Å². The number of likely N-dealkylation sites (N-methyl/N-ethyl adjacent to an activating group) is 1. The molecule has 0 aliphatic carbocycles. The maximum Gasteiger partial charge on any atom is 0.310 e. The van der Waals surface area contributed by atoms with Crippen molar-refractivity contribution in [1.82, 2.24) is 15.5 Å². The first-order valence-electron chi connectivity index (χ1n) is 8.09. The quantitative estimate of drug-likeness (QED) is 0.733.